The van der Waals surface area contributed by atoms with E-state index in [1.54, 1.807) is 6.92 Å². The fraction of sp³-hybridized carbons (Fsp3) is 0.267. The average Bonchev–Trinajstić information content (AvgIpc) is 2.51. The topological polar surface area (TPSA) is 131 Å². The van der Waals surface area contributed by atoms with Crippen molar-refractivity contribution in [3.63, 3.8) is 0 Å². The Labute approximate surface area is 155 Å². The summed E-state index contributed by atoms with van der Waals surface area (Å²) in [6.07, 6.45) is 0. The highest BCUT2D eigenvalue weighted by atomic mass is 32.2. The van der Waals surface area contributed by atoms with Gasteiger partial charge < -0.3 is 10.1 Å². The Balaban J connectivity index is 0.00000338. The molecule has 0 heterocycles. The third kappa shape index (κ3) is 4.63. The first-order valence-corrected chi connectivity index (χ1v) is 8.92. The van der Waals surface area contributed by atoms with E-state index in [-0.39, 0.29) is 13.1 Å². The van der Waals surface area contributed by atoms with Crippen molar-refractivity contribution in [2.24, 2.45) is 0 Å². The second-order valence-electron chi connectivity index (χ2n) is 4.98. The van der Waals surface area contributed by atoms with Gasteiger partial charge in [0.2, 0.25) is 5.91 Å². The van der Waals surface area contributed by atoms with E-state index in [9.17, 15) is 17.8 Å². The molecule has 1 amide bonds. The van der Waals surface area contributed by atoms with Gasteiger partial charge in [-0.05, 0) is 30.5 Å². The van der Waals surface area contributed by atoms with Gasteiger partial charge in [0.25, 0.3) is 10.1 Å². The van der Waals surface area contributed by atoms with Crippen LogP contribution in [0.15, 0.2) is 28.0 Å². The minimum absolute atomic E-state index is 0. The zero-order chi connectivity index (χ0) is 18.8. The van der Waals surface area contributed by atoms with Crippen molar-refractivity contribution in [1.82, 2.24) is 0 Å². The van der Waals surface area contributed by atoms with Crippen molar-refractivity contribution in [2.75, 3.05) is 12.4 Å². The lowest BCUT2D eigenvalue weighted by molar-refractivity contribution is -0.432. The first-order valence-electron chi connectivity index (χ1n) is 6.74. The molecule has 0 unspecified atom stereocenters. The number of benzene rings is 2. The lowest BCUT2D eigenvalue weighted by atomic mass is 10.0. The first kappa shape index (κ1) is 22.2. The van der Waals surface area contributed by atoms with Crippen molar-refractivity contribution in [1.29, 1.82) is 0 Å². The second kappa shape index (κ2) is 8.66. The van der Waals surface area contributed by atoms with Gasteiger partial charge >= 0.3 is 0 Å². The van der Waals surface area contributed by atoms with E-state index in [4.69, 9.17) is 9.99 Å². The number of carbonyl (C=O) groups excluding carboxylic acids is 1. The number of hydrogen-bond acceptors (Lipinski definition) is 8. The van der Waals surface area contributed by atoms with Crippen molar-refractivity contribution < 1.29 is 37.1 Å². The lowest BCUT2D eigenvalue weighted by Crippen LogP contribution is -2.09. The maximum atomic E-state index is 11.5. The monoisotopic (exact) mass is 405 g/mol. The van der Waals surface area contributed by atoms with Crippen molar-refractivity contribution in [3.8, 4) is 5.75 Å². The van der Waals surface area contributed by atoms with Gasteiger partial charge in [-0.3, -0.25) is 9.35 Å². The number of fused-ring (bicyclic) bond motifs is 1. The van der Waals surface area contributed by atoms with Crippen LogP contribution in [0.4, 0.5) is 5.69 Å². The molecule has 0 radical (unpaired) electrons. The Bertz CT molecular complexity index is 927. The van der Waals surface area contributed by atoms with Crippen LogP contribution in [-0.2, 0) is 24.3 Å². The number of ether oxygens (including phenoxy) is 1. The average molecular weight is 405 g/mol. The van der Waals surface area contributed by atoms with Crippen molar-refractivity contribution in [2.45, 2.75) is 31.1 Å². The number of carbonyl (C=O) groups is 1. The highest BCUT2D eigenvalue weighted by Crippen LogP contribution is 2.42. The fourth-order valence-electron chi connectivity index (χ4n) is 2.38. The van der Waals surface area contributed by atoms with Crippen LogP contribution < -0.4 is 10.1 Å². The number of methoxy groups -OCH3 is 1. The number of amides is 1. The quantitative estimate of drug-likeness (QED) is 0.286. The number of anilines is 1. The van der Waals surface area contributed by atoms with E-state index >= 15 is 0 Å². The summed E-state index contributed by atoms with van der Waals surface area (Å²) in [7, 11) is -3.10. The van der Waals surface area contributed by atoms with E-state index in [1.165, 1.54) is 26.2 Å². The molecule has 0 atom stereocenters. The molecule has 2 rings (SSSR count). The minimum atomic E-state index is -4.51. The zero-order valence-electron chi connectivity index (χ0n) is 13.4. The third-order valence-corrected chi connectivity index (χ3v) is 4.90. The van der Waals surface area contributed by atoms with Gasteiger partial charge in [-0.15, -0.1) is 4.33 Å². The maximum absolute atomic E-state index is 11.5. The number of hydrogen-bond donors (Lipinski definition) is 3. The molecule has 144 valence electrons. The summed E-state index contributed by atoms with van der Waals surface area (Å²) in [5.74, 6) is -0.0730. The molecule has 26 heavy (non-hydrogen) atoms. The molecule has 0 saturated carbocycles. The first-order chi connectivity index (χ1) is 11.7. The van der Waals surface area contributed by atoms with Crippen LogP contribution in [0, 0.1) is 6.92 Å². The summed E-state index contributed by atoms with van der Waals surface area (Å²) in [5, 5.41) is 15.2. The molecule has 3 N–H and O–H groups in total. The maximum Gasteiger partial charge on any atom is 0.294 e. The van der Waals surface area contributed by atoms with E-state index < -0.39 is 20.9 Å². The molecule has 0 spiro atoms. The molecule has 0 aromatic heterocycles. The van der Waals surface area contributed by atoms with Gasteiger partial charge in [0.05, 0.1) is 29.7 Å². The van der Waals surface area contributed by atoms with Crippen LogP contribution in [0.25, 0.3) is 10.8 Å². The molecule has 2 aromatic carbocycles. The molecule has 9 nitrogen and oxygen atoms in total. The van der Waals surface area contributed by atoms with Crippen LogP contribution in [0.5, 0.6) is 5.75 Å². The van der Waals surface area contributed by atoms with Crippen LogP contribution in [0.1, 0.15) is 19.9 Å². The molecule has 0 fully saturated rings. The highest BCUT2D eigenvalue weighted by Gasteiger charge is 2.20. The Morgan fingerprint density at radius 3 is 2.42 bits per heavy atom. The molecular formula is C15H19NO8S2. The largest absolute Gasteiger partial charge is 0.496 e. The Kier molecular flexibility index (Phi) is 7.38. The SMILES string of the molecule is C.COc1c(C)c(SOOO)cc2cc(S(=O)(=O)O)cc(NC(C)=O)c12. The molecular weight excluding hydrogens is 386 g/mol. The van der Waals surface area contributed by atoms with E-state index in [2.05, 4.69) is 14.7 Å². The van der Waals surface area contributed by atoms with E-state index in [0.29, 0.717) is 39.0 Å². The molecule has 0 saturated heterocycles. The third-order valence-electron chi connectivity index (χ3n) is 3.33. The Morgan fingerprint density at radius 2 is 1.92 bits per heavy atom. The van der Waals surface area contributed by atoms with E-state index in [1.807, 2.05) is 0 Å². The van der Waals surface area contributed by atoms with Crippen LogP contribution in [-0.4, -0.2) is 31.2 Å². The summed E-state index contributed by atoms with van der Waals surface area (Å²) < 4.78 is 42.2. The van der Waals surface area contributed by atoms with Gasteiger partial charge in [0.15, 0.2) is 0 Å². The Morgan fingerprint density at radius 1 is 1.27 bits per heavy atom. The van der Waals surface area contributed by atoms with Crippen LogP contribution in [0.2, 0.25) is 0 Å². The molecule has 2 aromatic rings. The molecule has 11 heteroatoms. The van der Waals surface area contributed by atoms with Crippen LogP contribution in [0.3, 0.4) is 0 Å². The Hall–Kier alpha value is -1.89. The number of rotatable bonds is 6. The minimum Gasteiger partial charge on any atom is -0.496 e. The summed E-state index contributed by atoms with van der Waals surface area (Å²) in [6.45, 7) is 2.97. The van der Waals surface area contributed by atoms with Gasteiger partial charge in [0, 0.05) is 22.8 Å². The second-order valence-corrected chi connectivity index (χ2v) is 7.15. The molecule has 0 aliphatic carbocycles. The summed E-state index contributed by atoms with van der Waals surface area (Å²) in [6, 6.07) is 3.90. The molecule has 0 bridgehead atoms. The predicted molar refractivity (Wildman–Crippen MR) is 96.7 cm³/mol. The van der Waals surface area contributed by atoms with Crippen LogP contribution >= 0.6 is 12.0 Å². The lowest BCUT2D eigenvalue weighted by Gasteiger charge is -2.17. The van der Waals surface area contributed by atoms with Gasteiger partial charge in [-0.25, -0.2) is 5.26 Å². The smallest absolute Gasteiger partial charge is 0.294 e. The number of nitrogens with one attached hydrogen (secondary N) is 1. The highest BCUT2D eigenvalue weighted by molar-refractivity contribution is 7.94. The zero-order valence-corrected chi connectivity index (χ0v) is 15.0. The molecule has 0 aliphatic heterocycles. The normalized spacial score (nSPS) is 11.1. The summed E-state index contributed by atoms with van der Waals surface area (Å²) >= 11 is 0.673. The van der Waals surface area contributed by atoms with E-state index in [0.717, 1.165) is 6.07 Å². The van der Waals surface area contributed by atoms with Crippen molar-refractivity contribution in [3.05, 3.63) is 23.8 Å². The van der Waals surface area contributed by atoms with Gasteiger partial charge in [0.1, 0.15) is 5.75 Å². The molecule has 0 aliphatic rings. The van der Waals surface area contributed by atoms with Crippen molar-refractivity contribution >= 4 is 44.5 Å². The van der Waals surface area contributed by atoms with Gasteiger partial charge in [-0.2, -0.15) is 8.42 Å². The summed E-state index contributed by atoms with van der Waals surface area (Å²) in [5.41, 5.74) is 0.761. The summed E-state index contributed by atoms with van der Waals surface area (Å²) in [4.78, 5) is 11.5. The standard InChI is InChI=1S/C14H15NO8S2.CH4/c1-7-12(24-23-22-17)5-9-4-10(25(18,19)20)6-11(15-8(2)16)13(9)14(7)21-3;/h4-6,17H,1-3H3,(H,15,16)(H,18,19,20);1H4. The fourth-order valence-corrected chi connectivity index (χ4v) is 3.42. The van der Waals surface area contributed by atoms with Gasteiger partial charge in [-0.1, -0.05) is 12.5 Å². The predicted octanol–water partition coefficient (Wildman–Crippen LogP) is 3.43.